The summed E-state index contributed by atoms with van der Waals surface area (Å²) in [7, 11) is 1.67. The second-order valence-electron chi connectivity index (χ2n) is 5.62. The highest BCUT2D eigenvalue weighted by molar-refractivity contribution is 5.77. The molecule has 2 rings (SSSR count). The Kier molecular flexibility index (Phi) is 6.05. The number of methoxy groups -OCH3 is 1. The Morgan fingerprint density at radius 2 is 2.05 bits per heavy atom. The molecule has 0 saturated carbocycles. The van der Waals surface area contributed by atoms with Gasteiger partial charge in [0.1, 0.15) is 5.75 Å². The lowest BCUT2D eigenvalue weighted by Gasteiger charge is -2.25. The Balaban J connectivity index is 1.93. The molecule has 0 aliphatic carbocycles. The minimum Gasteiger partial charge on any atom is -0.497 e. The maximum absolute atomic E-state index is 12.4. The van der Waals surface area contributed by atoms with Gasteiger partial charge in [-0.2, -0.15) is 0 Å². The van der Waals surface area contributed by atoms with E-state index in [9.17, 15) is 4.79 Å². The molecule has 1 atom stereocenters. The summed E-state index contributed by atoms with van der Waals surface area (Å²) >= 11 is 0. The van der Waals surface area contributed by atoms with Crippen LogP contribution in [0.1, 0.15) is 50.1 Å². The van der Waals surface area contributed by atoms with Crippen molar-refractivity contribution in [3.8, 4) is 5.75 Å². The lowest BCUT2D eigenvalue weighted by atomic mass is 10.0. The van der Waals surface area contributed by atoms with Crippen LogP contribution < -0.4 is 10.5 Å². The molecule has 1 heterocycles. The smallest absolute Gasteiger partial charge is 0.223 e. The molecular weight excluding hydrogens is 264 g/mol. The predicted molar refractivity (Wildman–Crippen MR) is 84.2 cm³/mol. The summed E-state index contributed by atoms with van der Waals surface area (Å²) < 4.78 is 5.19. The average molecular weight is 290 g/mol. The number of unbranched alkanes of at least 4 members (excludes halogenated alkanes) is 2. The van der Waals surface area contributed by atoms with Crippen LogP contribution in [-0.2, 0) is 4.79 Å². The van der Waals surface area contributed by atoms with Crippen molar-refractivity contribution in [1.29, 1.82) is 0 Å². The SMILES string of the molecule is COc1ccc(C2CCCN2C(=O)CCCCCN)cc1. The van der Waals surface area contributed by atoms with Gasteiger partial charge in [0.15, 0.2) is 0 Å². The first-order valence-electron chi connectivity index (χ1n) is 7.89. The number of nitrogens with zero attached hydrogens (tertiary/aromatic N) is 1. The van der Waals surface area contributed by atoms with Crippen molar-refractivity contribution >= 4 is 5.91 Å². The van der Waals surface area contributed by atoms with Crippen molar-refractivity contribution in [2.75, 3.05) is 20.2 Å². The fourth-order valence-corrected chi connectivity index (χ4v) is 2.98. The van der Waals surface area contributed by atoms with Gasteiger partial charge in [-0.3, -0.25) is 4.79 Å². The van der Waals surface area contributed by atoms with E-state index >= 15 is 0 Å². The number of amides is 1. The minimum atomic E-state index is 0.234. The average Bonchev–Trinajstić information content (AvgIpc) is 3.01. The standard InChI is InChI=1S/C17H26N2O2/c1-21-15-10-8-14(9-11-15)16-6-5-13-19(16)17(20)7-3-2-4-12-18/h8-11,16H,2-7,12-13,18H2,1H3. The highest BCUT2D eigenvalue weighted by Gasteiger charge is 2.29. The van der Waals surface area contributed by atoms with Crippen LogP contribution in [0.3, 0.4) is 0 Å². The Morgan fingerprint density at radius 1 is 1.29 bits per heavy atom. The van der Waals surface area contributed by atoms with Gasteiger partial charge in [0.2, 0.25) is 5.91 Å². The maximum Gasteiger partial charge on any atom is 0.223 e. The van der Waals surface area contributed by atoms with Gasteiger partial charge in [-0.05, 0) is 49.9 Å². The van der Waals surface area contributed by atoms with E-state index in [4.69, 9.17) is 10.5 Å². The fourth-order valence-electron chi connectivity index (χ4n) is 2.98. The van der Waals surface area contributed by atoms with Gasteiger partial charge in [-0.15, -0.1) is 0 Å². The lowest BCUT2D eigenvalue weighted by molar-refractivity contribution is -0.132. The van der Waals surface area contributed by atoms with Gasteiger partial charge in [0, 0.05) is 13.0 Å². The molecule has 1 fully saturated rings. The number of hydrogen-bond donors (Lipinski definition) is 1. The number of likely N-dealkylation sites (tertiary alicyclic amines) is 1. The molecule has 1 aliphatic rings. The Labute approximate surface area is 127 Å². The number of rotatable bonds is 7. The second-order valence-corrected chi connectivity index (χ2v) is 5.62. The van der Waals surface area contributed by atoms with E-state index in [0.29, 0.717) is 13.0 Å². The molecule has 1 aromatic carbocycles. The molecule has 21 heavy (non-hydrogen) atoms. The van der Waals surface area contributed by atoms with E-state index in [1.807, 2.05) is 17.0 Å². The van der Waals surface area contributed by atoms with E-state index in [2.05, 4.69) is 12.1 Å². The van der Waals surface area contributed by atoms with Gasteiger partial charge in [0.25, 0.3) is 0 Å². The van der Waals surface area contributed by atoms with Crippen LogP contribution in [0.5, 0.6) is 5.75 Å². The number of carbonyl (C=O) groups is 1. The summed E-state index contributed by atoms with van der Waals surface area (Å²) in [5.41, 5.74) is 6.70. The van der Waals surface area contributed by atoms with Crippen molar-refractivity contribution in [2.45, 2.75) is 44.6 Å². The van der Waals surface area contributed by atoms with Crippen molar-refractivity contribution in [3.05, 3.63) is 29.8 Å². The quantitative estimate of drug-likeness (QED) is 0.786. The summed E-state index contributed by atoms with van der Waals surface area (Å²) in [5, 5.41) is 0. The van der Waals surface area contributed by atoms with E-state index < -0.39 is 0 Å². The van der Waals surface area contributed by atoms with E-state index in [1.165, 1.54) is 5.56 Å². The molecule has 1 aromatic rings. The van der Waals surface area contributed by atoms with Crippen LogP contribution in [0, 0.1) is 0 Å². The zero-order valence-corrected chi connectivity index (χ0v) is 12.9. The van der Waals surface area contributed by atoms with Crippen molar-refractivity contribution in [1.82, 2.24) is 4.90 Å². The van der Waals surface area contributed by atoms with Crippen LogP contribution in [0.4, 0.5) is 0 Å². The monoisotopic (exact) mass is 290 g/mol. The highest BCUT2D eigenvalue weighted by Crippen LogP contribution is 2.33. The Morgan fingerprint density at radius 3 is 2.71 bits per heavy atom. The van der Waals surface area contributed by atoms with Crippen molar-refractivity contribution in [2.24, 2.45) is 5.73 Å². The van der Waals surface area contributed by atoms with E-state index in [0.717, 1.165) is 44.4 Å². The molecule has 1 unspecified atom stereocenters. The zero-order chi connectivity index (χ0) is 15.1. The van der Waals surface area contributed by atoms with Gasteiger partial charge >= 0.3 is 0 Å². The number of nitrogens with two attached hydrogens (primary N) is 1. The highest BCUT2D eigenvalue weighted by atomic mass is 16.5. The van der Waals surface area contributed by atoms with Crippen LogP contribution in [0.25, 0.3) is 0 Å². The fraction of sp³-hybridized carbons (Fsp3) is 0.588. The molecule has 0 aromatic heterocycles. The summed E-state index contributed by atoms with van der Waals surface area (Å²) in [4.78, 5) is 14.4. The number of carbonyl (C=O) groups excluding carboxylic acids is 1. The van der Waals surface area contributed by atoms with Gasteiger partial charge in [-0.1, -0.05) is 18.6 Å². The van der Waals surface area contributed by atoms with Crippen LogP contribution in [0.2, 0.25) is 0 Å². The summed E-state index contributed by atoms with van der Waals surface area (Å²) in [6.45, 7) is 1.60. The summed E-state index contributed by atoms with van der Waals surface area (Å²) in [5.74, 6) is 1.14. The zero-order valence-electron chi connectivity index (χ0n) is 12.9. The third-order valence-electron chi connectivity index (χ3n) is 4.17. The van der Waals surface area contributed by atoms with E-state index in [1.54, 1.807) is 7.11 Å². The molecule has 0 spiro atoms. The first-order chi connectivity index (χ1) is 10.3. The first kappa shape index (κ1) is 15.8. The molecular formula is C17H26N2O2. The molecule has 0 bridgehead atoms. The second kappa shape index (κ2) is 8.03. The molecule has 1 amide bonds. The molecule has 1 aliphatic heterocycles. The molecule has 2 N–H and O–H groups in total. The molecule has 4 nitrogen and oxygen atoms in total. The van der Waals surface area contributed by atoms with Crippen LogP contribution >= 0.6 is 0 Å². The van der Waals surface area contributed by atoms with E-state index in [-0.39, 0.29) is 11.9 Å². The number of hydrogen-bond acceptors (Lipinski definition) is 3. The van der Waals surface area contributed by atoms with Gasteiger partial charge in [0.05, 0.1) is 13.2 Å². The van der Waals surface area contributed by atoms with Crippen LogP contribution in [0.15, 0.2) is 24.3 Å². The van der Waals surface area contributed by atoms with Crippen molar-refractivity contribution in [3.63, 3.8) is 0 Å². The Hall–Kier alpha value is -1.55. The van der Waals surface area contributed by atoms with Gasteiger partial charge < -0.3 is 15.4 Å². The predicted octanol–water partition coefficient (Wildman–Crippen LogP) is 2.88. The maximum atomic E-state index is 12.4. The summed E-state index contributed by atoms with van der Waals surface area (Å²) in [6, 6.07) is 8.32. The number of benzene rings is 1. The van der Waals surface area contributed by atoms with Crippen molar-refractivity contribution < 1.29 is 9.53 Å². The molecule has 116 valence electrons. The first-order valence-corrected chi connectivity index (χ1v) is 7.89. The summed E-state index contributed by atoms with van der Waals surface area (Å²) in [6.07, 6.45) is 5.79. The number of ether oxygens (including phenoxy) is 1. The lowest BCUT2D eigenvalue weighted by Crippen LogP contribution is -2.30. The third kappa shape index (κ3) is 4.21. The normalized spacial score (nSPS) is 18.0. The van der Waals surface area contributed by atoms with Crippen LogP contribution in [-0.4, -0.2) is 31.0 Å². The molecule has 1 saturated heterocycles. The Bertz CT molecular complexity index is 445. The largest absolute Gasteiger partial charge is 0.497 e. The topological polar surface area (TPSA) is 55.6 Å². The molecule has 4 heteroatoms. The van der Waals surface area contributed by atoms with Gasteiger partial charge in [-0.25, -0.2) is 0 Å². The minimum absolute atomic E-state index is 0.234. The molecule has 0 radical (unpaired) electrons. The third-order valence-corrected chi connectivity index (χ3v) is 4.17.